The summed E-state index contributed by atoms with van der Waals surface area (Å²) in [5, 5.41) is 4.00. The van der Waals surface area contributed by atoms with Crippen LogP contribution in [-0.2, 0) is 16.4 Å². The fourth-order valence-corrected chi connectivity index (χ4v) is 7.80. The molecule has 2 heterocycles. The number of sulfonamides is 1. The smallest absolute Gasteiger partial charge is 0.352 e. The number of hydrogen-bond acceptors (Lipinski definition) is 3. The van der Waals surface area contributed by atoms with Gasteiger partial charge in [0.2, 0.25) is 10.0 Å². The maximum atomic E-state index is 13.0. The third-order valence-corrected chi connectivity index (χ3v) is 11.3. The van der Waals surface area contributed by atoms with Crippen LogP contribution in [0.25, 0.3) is 10.9 Å². The molecule has 1 aliphatic carbocycles. The Morgan fingerprint density at radius 1 is 1.03 bits per heavy atom. The van der Waals surface area contributed by atoms with Crippen LogP contribution >= 0.6 is 0 Å². The summed E-state index contributed by atoms with van der Waals surface area (Å²) < 4.78 is 62.5. The van der Waals surface area contributed by atoms with Gasteiger partial charge in [0.25, 0.3) is 5.91 Å². The Labute approximate surface area is 237 Å². The number of amides is 1. The van der Waals surface area contributed by atoms with E-state index in [0.29, 0.717) is 41.2 Å². The van der Waals surface area contributed by atoms with E-state index in [2.05, 4.69) is 16.0 Å². The summed E-state index contributed by atoms with van der Waals surface area (Å²) >= 11 is -2.01. The zero-order valence-electron chi connectivity index (χ0n) is 21.7. The number of rotatable bonds is 9. The fourth-order valence-electron chi connectivity index (χ4n) is 5.25. The van der Waals surface area contributed by atoms with E-state index in [9.17, 15) is 26.4 Å². The van der Waals surface area contributed by atoms with Crippen molar-refractivity contribution in [1.82, 2.24) is 14.2 Å². The number of benzene rings is 2. The molecular formula is C28H32F3IN3O3S+. The van der Waals surface area contributed by atoms with Gasteiger partial charge in [0.05, 0.1) is 5.75 Å². The number of alkyl halides is 4. The summed E-state index contributed by atoms with van der Waals surface area (Å²) in [4.78, 5) is 13.0. The predicted octanol–water partition coefficient (Wildman–Crippen LogP) is 2.14. The second-order valence-corrected chi connectivity index (χ2v) is 15.6. The minimum Gasteiger partial charge on any atom is -0.352 e. The third-order valence-electron chi connectivity index (χ3n) is 7.49. The standard InChI is InChI=1S/C28H31F3IN3O3S/c1-2-39(37,38)34-13-11-20(12-14-34)18-33-27(36)21-5-10-26-22(16-21)17-25(35(26)24-8-9-24)15-19-3-6-23(7-4-19)32-28(29,30)31/h3-7,10,16-17,20,24H,2,8-9,11-15,18H2,1H3/p+1. The number of nitrogens with zero attached hydrogens (tertiary/aromatic N) is 2. The molecule has 11 heteroatoms. The maximum Gasteiger partial charge on any atom is 0.609 e. The van der Waals surface area contributed by atoms with Crippen LogP contribution in [0.4, 0.5) is 13.2 Å². The van der Waals surface area contributed by atoms with Gasteiger partial charge in [0.15, 0.2) is 3.57 Å². The van der Waals surface area contributed by atoms with Crippen LogP contribution in [0.5, 0.6) is 0 Å². The van der Waals surface area contributed by atoms with E-state index in [1.807, 2.05) is 18.2 Å². The molecule has 210 valence electrons. The zero-order chi connectivity index (χ0) is 27.8. The Kier molecular flexibility index (Phi) is 8.30. The number of carbonyl (C=O) groups excluding carboxylic acids is 1. The van der Waals surface area contributed by atoms with Crippen LogP contribution in [0.3, 0.4) is 0 Å². The highest BCUT2D eigenvalue weighted by Crippen LogP contribution is 2.40. The van der Waals surface area contributed by atoms with Crippen molar-refractivity contribution in [3.8, 4) is 0 Å². The van der Waals surface area contributed by atoms with Gasteiger partial charge in [0.1, 0.15) is 0 Å². The average Bonchev–Trinajstić information content (AvgIpc) is 3.68. The van der Waals surface area contributed by atoms with Gasteiger partial charge in [0, 0.05) is 54.3 Å². The van der Waals surface area contributed by atoms with Crippen molar-refractivity contribution in [2.24, 2.45) is 5.92 Å². The minimum atomic E-state index is -4.11. The van der Waals surface area contributed by atoms with Gasteiger partial charge in [-0.05, 0) is 80.5 Å². The molecule has 39 heavy (non-hydrogen) atoms. The summed E-state index contributed by atoms with van der Waals surface area (Å²) in [5.74, 6) is 0.203. The third kappa shape index (κ3) is 6.97. The minimum absolute atomic E-state index is 0.108. The second kappa shape index (κ2) is 11.4. The Hall–Kier alpha value is -2.12. The topological polar surface area (TPSA) is 71.4 Å². The quantitative estimate of drug-likeness (QED) is 0.280. The highest BCUT2D eigenvalue weighted by atomic mass is 127. The molecule has 3 aromatic rings. The second-order valence-electron chi connectivity index (χ2n) is 10.3. The Morgan fingerprint density at radius 2 is 1.72 bits per heavy atom. The number of piperidine rings is 1. The van der Waals surface area contributed by atoms with E-state index in [-0.39, 0.29) is 17.6 Å². The molecule has 0 spiro atoms. The van der Waals surface area contributed by atoms with Gasteiger partial charge in [-0.15, -0.1) is 13.2 Å². The number of hydrogen-bond donors (Lipinski definition) is 1. The van der Waals surface area contributed by atoms with Crippen molar-refractivity contribution in [3.63, 3.8) is 0 Å². The lowest BCUT2D eigenvalue weighted by Crippen LogP contribution is -3.67. The number of carbonyl (C=O) groups is 1. The van der Waals surface area contributed by atoms with Gasteiger partial charge in [-0.1, -0.05) is 12.1 Å². The SMILES string of the molecule is CCS(=O)(=O)N1CCC(CNC(=O)c2ccc3c(c2)cc(Cc2ccc([I+]C(F)(F)F)cc2)n3C2CC2)CC1. The van der Waals surface area contributed by atoms with E-state index in [4.69, 9.17) is 0 Å². The molecule has 1 saturated carbocycles. The van der Waals surface area contributed by atoms with Crippen LogP contribution in [-0.4, -0.2) is 52.8 Å². The predicted molar refractivity (Wildman–Crippen MR) is 140 cm³/mol. The molecule has 0 bridgehead atoms. The van der Waals surface area contributed by atoms with Crippen LogP contribution in [0, 0.1) is 9.49 Å². The Balaban J connectivity index is 1.25. The van der Waals surface area contributed by atoms with Crippen LogP contribution in [0.1, 0.15) is 60.3 Å². The van der Waals surface area contributed by atoms with Crippen molar-refractivity contribution in [3.05, 3.63) is 68.9 Å². The van der Waals surface area contributed by atoms with E-state index in [1.165, 1.54) is 0 Å². The van der Waals surface area contributed by atoms with Crippen LogP contribution in [0.2, 0.25) is 0 Å². The summed E-state index contributed by atoms with van der Waals surface area (Å²) in [7, 11) is -3.17. The molecule has 1 aliphatic heterocycles. The van der Waals surface area contributed by atoms with Gasteiger partial charge < -0.3 is 9.88 Å². The highest BCUT2D eigenvalue weighted by molar-refractivity contribution is 7.89. The van der Waals surface area contributed by atoms with Crippen molar-refractivity contribution in [2.45, 2.75) is 49.3 Å². The van der Waals surface area contributed by atoms with Gasteiger partial charge in [-0.2, -0.15) is 0 Å². The molecular weight excluding hydrogens is 642 g/mol. The normalized spacial score (nSPS) is 17.5. The maximum absolute atomic E-state index is 13.0. The average molecular weight is 675 g/mol. The monoisotopic (exact) mass is 674 g/mol. The van der Waals surface area contributed by atoms with E-state index in [0.717, 1.165) is 47.8 Å². The highest BCUT2D eigenvalue weighted by Gasteiger charge is 2.47. The first-order valence-corrected chi connectivity index (χ1v) is 17.0. The number of halogens is 4. The molecule has 2 fully saturated rings. The largest absolute Gasteiger partial charge is 0.609 e. The number of aromatic nitrogens is 1. The fraction of sp³-hybridized carbons (Fsp3) is 0.464. The summed E-state index contributed by atoms with van der Waals surface area (Å²) in [5.41, 5.74) is 3.70. The van der Waals surface area contributed by atoms with Gasteiger partial charge >= 0.3 is 25.4 Å². The molecule has 0 radical (unpaired) electrons. The molecule has 0 atom stereocenters. The molecule has 1 aromatic heterocycles. The lowest BCUT2D eigenvalue weighted by Gasteiger charge is -2.31. The van der Waals surface area contributed by atoms with Crippen molar-refractivity contribution < 1.29 is 47.6 Å². The molecule has 1 N–H and O–H groups in total. The lowest BCUT2D eigenvalue weighted by atomic mass is 9.98. The van der Waals surface area contributed by atoms with E-state index in [1.54, 1.807) is 35.5 Å². The first kappa shape index (κ1) is 28.4. The van der Waals surface area contributed by atoms with E-state index >= 15 is 0 Å². The van der Waals surface area contributed by atoms with Crippen LogP contribution < -0.4 is 26.5 Å². The molecule has 1 saturated heterocycles. The molecule has 2 aliphatic rings. The molecule has 6 nitrogen and oxygen atoms in total. The van der Waals surface area contributed by atoms with Crippen molar-refractivity contribution >= 4 is 26.8 Å². The zero-order valence-corrected chi connectivity index (χ0v) is 24.7. The lowest BCUT2D eigenvalue weighted by molar-refractivity contribution is -0.793. The molecule has 5 rings (SSSR count). The molecule has 1 amide bonds. The van der Waals surface area contributed by atoms with Crippen molar-refractivity contribution in [2.75, 3.05) is 25.4 Å². The number of nitrogens with one attached hydrogen (secondary N) is 1. The summed E-state index contributed by atoms with van der Waals surface area (Å²) in [6.07, 6.45) is 4.25. The molecule has 0 unspecified atom stereocenters. The van der Waals surface area contributed by atoms with Gasteiger partial charge in [-0.25, -0.2) is 12.7 Å². The summed E-state index contributed by atoms with van der Waals surface area (Å²) in [6, 6.07) is 15.0. The number of fused-ring (bicyclic) bond motifs is 1. The van der Waals surface area contributed by atoms with Crippen LogP contribution in [0.15, 0.2) is 48.5 Å². The first-order valence-electron chi connectivity index (χ1n) is 13.2. The Morgan fingerprint density at radius 3 is 2.33 bits per heavy atom. The van der Waals surface area contributed by atoms with Crippen molar-refractivity contribution in [1.29, 1.82) is 0 Å². The summed E-state index contributed by atoms with van der Waals surface area (Å²) in [6.45, 7) is 3.15. The first-order chi connectivity index (χ1) is 18.5. The Bertz CT molecular complexity index is 1440. The van der Waals surface area contributed by atoms with Gasteiger partial charge in [-0.3, -0.25) is 4.79 Å². The van der Waals surface area contributed by atoms with E-state index < -0.39 is 35.4 Å². The molecule has 2 aromatic carbocycles.